The minimum absolute atomic E-state index is 0.0734. The van der Waals surface area contributed by atoms with Crippen molar-refractivity contribution in [3.63, 3.8) is 0 Å². The molecule has 0 radical (unpaired) electrons. The number of anilines is 1. The second-order valence-corrected chi connectivity index (χ2v) is 4.98. The Bertz CT molecular complexity index is 485. The molecule has 18 heavy (non-hydrogen) atoms. The molecule has 94 valence electrons. The van der Waals surface area contributed by atoms with Crippen molar-refractivity contribution < 1.29 is 4.79 Å². The average molecular weight is 242 g/mol. The molecule has 1 aliphatic carbocycles. The van der Waals surface area contributed by atoms with Crippen LogP contribution < -0.4 is 10.6 Å². The third kappa shape index (κ3) is 2.13. The highest BCUT2D eigenvalue weighted by atomic mass is 16.1. The zero-order chi connectivity index (χ0) is 12.4. The maximum Gasteiger partial charge on any atom is 0.251 e. The van der Waals surface area contributed by atoms with E-state index < -0.39 is 0 Å². The van der Waals surface area contributed by atoms with Gasteiger partial charge in [-0.25, -0.2) is 0 Å². The van der Waals surface area contributed by atoms with Crippen molar-refractivity contribution >= 4 is 11.6 Å². The number of rotatable bonds is 2. The van der Waals surface area contributed by atoms with Gasteiger partial charge in [0.2, 0.25) is 0 Å². The van der Waals surface area contributed by atoms with Crippen molar-refractivity contribution in [3.8, 4) is 0 Å². The first-order valence-corrected chi connectivity index (χ1v) is 6.66. The van der Waals surface area contributed by atoms with Gasteiger partial charge in [0.1, 0.15) is 0 Å². The van der Waals surface area contributed by atoms with Crippen molar-refractivity contribution in [2.75, 3.05) is 11.9 Å². The summed E-state index contributed by atoms with van der Waals surface area (Å²) in [5.74, 6) is 0.0734. The van der Waals surface area contributed by atoms with Crippen molar-refractivity contribution in [2.45, 2.75) is 31.7 Å². The zero-order valence-corrected chi connectivity index (χ0v) is 10.4. The summed E-state index contributed by atoms with van der Waals surface area (Å²) >= 11 is 0. The molecule has 0 spiro atoms. The van der Waals surface area contributed by atoms with E-state index in [0.717, 1.165) is 43.5 Å². The minimum atomic E-state index is 0.0734. The average Bonchev–Trinajstić information content (AvgIpc) is 2.91. The molecular weight excluding hydrogens is 224 g/mol. The highest BCUT2D eigenvalue weighted by Crippen LogP contribution is 2.25. The zero-order valence-electron chi connectivity index (χ0n) is 10.4. The molecule has 1 aromatic carbocycles. The van der Waals surface area contributed by atoms with E-state index in [1.807, 2.05) is 12.1 Å². The summed E-state index contributed by atoms with van der Waals surface area (Å²) in [5, 5.41) is 6.48. The number of hydrogen-bond acceptors (Lipinski definition) is 2. The first-order chi connectivity index (χ1) is 8.84. The van der Waals surface area contributed by atoms with Crippen LogP contribution in [0.4, 0.5) is 5.69 Å². The molecule has 1 heterocycles. The van der Waals surface area contributed by atoms with Gasteiger partial charge in [-0.05, 0) is 43.4 Å². The van der Waals surface area contributed by atoms with Crippen molar-refractivity contribution in [1.29, 1.82) is 0 Å². The first-order valence-electron chi connectivity index (χ1n) is 6.66. The van der Waals surface area contributed by atoms with Gasteiger partial charge in [-0.15, -0.1) is 0 Å². The predicted molar refractivity (Wildman–Crippen MR) is 72.9 cm³/mol. The van der Waals surface area contributed by atoms with Gasteiger partial charge in [0.25, 0.3) is 5.91 Å². The molecule has 1 aliphatic heterocycles. The number of carbonyl (C=O) groups is 1. The molecule has 0 saturated carbocycles. The molecule has 0 unspecified atom stereocenters. The van der Waals surface area contributed by atoms with Crippen molar-refractivity contribution in [3.05, 3.63) is 41.5 Å². The van der Waals surface area contributed by atoms with Crippen molar-refractivity contribution in [1.82, 2.24) is 5.32 Å². The van der Waals surface area contributed by atoms with E-state index in [1.54, 1.807) is 0 Å². The Morgan fingerprint density at radius 3 is 2.94 bits per heavy atom. The molecule has 3 nitrogen and oxygen atoms in total. The summed E-state index contributed by atoms with van der Waals surface area (Å²) in [6.45, 7) is 1.00. The lowest BCUT2D eigenvalue weighted by atomic mass is 9.97. The molecular formula is C15H18N2O. The van der Waals surface area contributed by atoms with E-state index in [9.17, 15) is 4.79 Å². The maximum absolute atomic E-state index is 12.3. The van der Waals surface area contributed by atoms with Crippen LogP contribution in [-0.4, -0.2) is 18.5 Å². The molecule has 0 bridgehead atoms. The molecule has 3 heteroatoms. The lowest BCUT2D eigenvalue weighted by Gasteiger charge is -2.21. The Labute approximate surface area is 107 Å². The SMILES string of the molecule is O=C(NC1CC=CC1)c1cccc2c1CCCN2. The normalized spacial score (nSPS) is 18.2. The number of nitrogens with one attached hydrogen (secondary N) is 2. The number of fused-ring (bicyclic) bond motifs is 1. The van der Waals surface area contributed by atoms with Crippen molar-refractivity contribution in [2.24, 2.45) is 0 Å². The van der Waals surface area contributed by atoms with Crippen LogP contribution in [0.25, 0.3) is 0 Å². The third-order valence-corrected chi connectivity index (χ3v) is 3.68. The number of amides is 1. The topological polar surface area (TPSA) is 41.1 Å². The Morgan fingerprint density at radius 1 is 1.28 bits per heavy atom. The number of hydrogen-bond donors (Lipinski definition) is 2. The molecule has 3 rings (SSSR count). The highest BCUT2D eigenvalue weighted by molar-refractivity contribution is 5.97. The summed E-state index contributed by atoms with van der Waals surface area (Å²) in [6, 6.07) is 6.23. The summed E-state index contributed by atoms with van der Waals surface area (Å²) in [4.78, 5) is 12.3. The number of carbonyl (C=O) groups excluding carboxylic acids is 1. The Kier molecular flexibility index (Phi) is 3.05. The van der Waals surface area contributed by atoms with Crippen LogP contribution in [0, 0.1) is 0 Å². The molecule has 0 fully saturated rings. The van der Waals surface area contributed by atoms with Gasteiger partial charge in [-0.3, -0.25) is 4.79 Å². The van der Waals surface area contributed by atoms with E-state index in [0.29, 0.717) is 0 Å². The van der Waals surface area contributed by atoms with Crippen LogP contribution in [0.1, 0.15) is 35.2 Å². The summed E-state index contributed by atoms with van der Waals surface area (Å²) in [7, 11) is 0. The van der Waals surface area contributed by atoms with Crippen LogP contribution >= 0.6 is 0 Å². The van der Waals surface area contributed by atoms with Crippen LogP contribution in [0.15, 0.2) is 30.4 Å². The molecule has 1 aromatic rings. The van der Waals surface area contributed by atoms with Gasteiger partial charge in [0, 0.05) is 23.8 Å². The van der Waals surface area contributed by atoms with E-state index in [4.69, 9.17) is 0 Å². The highest BCUT2D eigenvalue weighted by Gasteiger charge is 2.19. The van der Waals surface area contributed by atoms with Gasteiger partial charge in [0.05, 0.1) is 0 Å². The molecule has 0 saturated heterocycles. The predicted octanol–water partition coefficient (Wildman–Crippen LogP) is 2.49. The van der Waals surface area contributed by atoms with Gasteiger partial charge in [-0.2, -0.15) is 0 Å². The fraction of sp³-hybridized carbons (Fsp3) is 0.400. The monoisotopic (exact) mass is 242 g/mol. The fourth-order valence-corrected chi connectivity index (χ4v) is 2.72. The fourth-order valence-electron chi connectivity index (χ4n) is 2.72. The minimum Gasteiger partial charge on any atom is -0.385 e. The molecule has 1 amide bonds. The number of benzene rings is 1. The third-order valence-electron chi connectivity index (χ3n) is 3.68. The molecule has 0 aromatic heterocycles. The van der Waals surface area contributed by atoms with E-state index in [-0.39, 0.29) is 11.9 Å². The standard InChI is InChI=1S/C15H18N2O/c18-15(17-11-5-1-2-6-11)13-7-3-9-14-12(13)8-4-10-16-14/h1-3,7,9,11,16H,4-6,8,10H2,(H,17,18). The lowest BCUT2D eigenvalue weighted by molar-refractivity contribution is 0.0938. The molecule has 2 aliphatic rings. The van der Waals surface area contributed by atoms with Crippen LogP contribution in [0.2, 0.25) is 0 Å². The first kappa shape index (κ1) is 11.3. The van der Waals surface area contributed by atoms with Gasteiger partial charge in [-0.1, -0.05) is 18.2 Å². The van der Waals surface area contributed by atoms with Gasteiger partial charge < -0.3 is 10.6 Å². The van der Waals surface area contributed by atoms with Gasteiger partial charge >= 0.3 is 0 Å². The Hall–Kier alpha value is -1.77. The van der Waals surface area contributed by atoms with Crippen LogP contribution in [0.5, 0.6) is 0 Å². The van der Waals surface area contributed by atoms with E-state index >= 15 is 0 Å². The Balaban J connectivity index is 1.80. The summed E-state index contributed by atoms with van der Waals surface area (Å²) in [6.07, 6.45) is 8.27. The largest absolute Gasteiger partial charge is 0.385 e. The molecule has 2 N–H and O–H groups in total. The van der Waals surface area contributed by atoms with Crippen LogP contribution in [-0.2, 0) is 6.42 Å². The summed E-state index contributed by atoms with van der Waals surface area (Å²) in [5.41, 5.74) is 3.14. The van der Waals surface area contributed by atoms with E-state index in [2.05, 4.69) is 28.9 Å². The van der Waals surface area contributed by atoms with Crippen LogP contribution in [0.3, 0.4) is 0 Å². The lowest BCUT2D eigenvalue weighted by Crippen LogP contribution is -2.33. The van der Waals surface area contributed by atoms with Gasteiger partial charge in [0.15, 0.2) is 0 Å². The second-order valence-electron chi connectivity index (χ2n) is 4.98. The quantitative estimate of drug-likeness (QED) is 0.782. The Morgan fingerprint density at radius 2 is 2.11 bits per heavy atom. The van der Waals surface area contributed by atoms with E-state index in [1.165, 1.54) is 5.56 Å². The smallest absolute Gasteiger partial charge is 0.251 e. The second kappa shape index (κ2) is 4.84. The molecule has 0 atom stereocenters. The maximum atomic E-state index is 12.3. The summed E-state index contributed by atoms with van der Waals surface area (Å²) < 4.78 is 0.